The van der Waals surface area contributed by atoms with E-state index in [0.717, 1.165) is 0 Å². The van der Waals surface area contributed by atoms with E-state index < -0.39 is 0 Å². The first kappa shape index (κ1) is 15.4. The van der Waals surface area contributed by atoms with Gasteiger partial charge in [0, 0.05) is 0 Å². The molecule has 0 saturated carbocycles. The van der Waals surface area contributed by atoms with E-state index >= 15 is 0 Å². The van der Waals surface area contributed by atoms with E-state index in [1.54, 1.807) is 4.47 Å². The molecule has 0 aliphatic carbocycles. The molecule has 0 saturated heterocycles. The van der Waals surface area contributed by atoms with Crippen molar-refractivity contribution < 1.29 is 0 Å². The van der Waals surface area contributed by atoms with Crippen molar-refractivity contribution in [2.75, 3.05) is 0 Å². The van der Waals surface area contributed by atoms with Gasteiger partial charge in [-0.2, -0.15) is 0 Å². The first-order chi connectivity index (χ1) is 9.88. The summed E-state index contributed by atoms with van der Waals surface area (Å²) in [5.41, 5.74) is 0. The monoisotopic (exact) mass is 348 g/mol. The number of allylic oxidation sites excluding steroid dienone is 1. The first-order valence-electron chi connectivity index (χ1n) is 7.02. The van der Waals surface area contributed by atoms with E-state index in [1.807, 2.05) is 11.8 Å². The average Bonchev–Trinajstić information content (AvgIpc) is 2.52. The molecule has 0 aromatic heterocycles. The van der Waals surface area contributed by atoms with Crippen LogP contribution in [0.4, 0.5) is 0 Å². The summed E-state index contributed by atoms with van der Waals surface area (Å²) in [7, 11) is 0. The van der Waals surface area contributed by atoms with Crippen LogP contribution in [0.3, 0.4) is 0 Å². The van der Waals surface area contributed by atoms with Gasteiger partial charge in [0.25, 0.3) is 0 Å². The minimum atomic E-state index is 0.457. The zero-order valence-electron chi connectivity index (χ0n) is 11.8. The Morgan fingerprint density at radius 2 is 1.65 bits per heavy atom. The van der Waals surface area contributed by atoms with E-state index in [1.165, 1.54) is 28.6 Å². The van der Waals surface area contributed by atoms with Gasteiger partial charge in [-0.15, -0.1) is 0 Å². The van der Waals surface area contributed by atoms with Gasteiger partial charge in [-0.1, -0.05) is 0 Å². The Kier molecular flexibility index (Phi) is 7.00. The summed E-state index contributed by atoms with van der Waals surface area (Å²) < 4.78 is 3.07. The van der Waals surface area contributed by atoms with E-state index in [-0.39, 0.29) is 0 Å². The maximum atomic E-state index is 2.37. The molecule has 0 heterocycles. The molecule has 0 spiro atoms. The normalized spacial score (nSPS) is 11.6. The third-order valence-corrected chi connectivity index (χ3v) is 6.41. The van der Waals surface area contributed by atoms with Gasteiger partial charge in [0.1, 0.15) is 0 Å². The van der Waals surface area contributed by atoms with Gasteiger partial charge in [0.2, 0.25) is 0 Å². The second-order valence-corrected chi connectivity index (χ2v) is 7.99. The van der Waals surface area contributed by atoms with Gasteiger partial charge in [-0.3, -0.25) is 0 Å². The Hall–Kier alpha value is -0.951. The maximum absolute atomic E-state index is 2.37. The van der Waals surface area contributed by atoms with Crippen molar-refractivity contribution in [2.24, 2.45) is 0 Å². The number of hydrogen-bond donors (Lipinski definition) is 0. The molecule has 2 aromatic rings. The van der Waals surface area contributed by atoms with Gasteiger partial charge in [0.15, 0.2) is 0 Å². The van der Waals surface area contributed by atoms with Crippen LogP contribution in [0, 0.1) is 0 Å². The predicted molar refractivity (Wildman–Crippen MR) is 91.7 cm³/mol. The molecular formula is C18H20SSe. The molecule has 0 aliphatic rings. The molecule has 2 heteroatoms. The molecule has 0 atom stereocenters. The van der Waals surface area contributed by atoms with Gasteiger partial charge < -0.3 is 0 Å². The third-order valence-electron chi connectivity index (χ3n) is 2.84. The molecule has 0 fully saturated rings. The van der Waals surface area contributed by atoms with E-state index in [9.17, 15) is 0 Å². The van der Waals surface area contributed by atoms with Crippen LogP contribution in [0.25, 0.3) is 0 Å². The number of thioether (sulfide) groups is 1. The number of unbranched alkanes of at least 4 members (excludes halogenated alkanes) is 1. The number of benzene rings is 2. The summed E-state index contributed by atoms with van der Waals surface area (Å²) in [6.45, 7) is 2.26. The number of rotatable bonds is 7. The fourth-order valence-corrected chi connectivity index (χ4v) is 4.88. The SMILES string of the molecule is CCCC/C(=C/Sc1ccccc1)[Se]c1ccccc1. The molecule has 0 amide bonds. The molecule has 0 bridgehead atoms. The summed E-state index contributed by atoms with van der Waals surface area (Å²) in [5.74, 6) is 0. The molecule has 0 unspecified atom stereocenters. The fourth-order valence-electron chi connectivity index (χ4n) is 1.76. The van der Waals surface area contributed by atoms with Crippen molar-refractivity contribution in [3.05, 3.63) is 70.5 Å². The van der Waals surface area contributed by atoms with Gasteiger partial charge in [-0.05, 0) is 0 Å². The minimum absolute atomic E-state index is 0.457. The molecule has 104 valence electrons. The Morgan fingerprint density at radius 1 is 1.00 bits per heavy atom. The van der Waals surface area contributed by atoms with Crippen molar-refractivity contribution in [3.63, 3.8) is 0 Å². The van der Waals surface area contributed by atoms with Crippen molar-refractivity contribution in [3.8, 4) is 0 Å². The molecule has 20 heavy (non-hydrogen) atoms. The third kappa shape index (κ3) is 5.58. The fraction of sp³-hybridized carbons (Fsp3) is 0.222. The molecule has 0 radical (unpaired) electrons. The van der Waals surface area contributed by atoms with Crippen LogP contribution in [0.2, 0.25) is 0 Å². The second-order valence-electron chi connectivity index (χ2n) is 4.53. The Bertz CT molecular complexity index is 520. The summed E-state index contributed by atoms with van der Waals surface area (Å²) in [4.78, 5) is 1.32. The molecule has 0 nitrogen and oxygen atoms in total. The van der Waals surface area contributed by atoms with Crippen LogP contribution in [0.15, 0.2) is 75.4 Å². The van der Waals surface area contributed by atoms with Crippen LogP contribution in [-0.2, 0) is 0 Å². The summed E-state index contributed by atoms with van der Waals surface area (Å²) in [6.07, 6.45) is 3.78. The number of hydrogen-bond acceptors (Lipinski definition) is 1. The molecule has 2 aromatic carbocycles. The standard InChI is InChI=1S/C18H20SSe/c1-2-3-12-18(20-17-13-8-5-9-14-17)15-19-16-10-6-4-7-11-16/h4-11,13-15H,2-3,12H2,1H3/b18-15-. The van der Waals surface area contributed by atoms with Crippen LogP contribution in [-0.4, -0.2) is 15.0 Å². The van der Waals surface area contributed by atoms with Crippen molar-refractivity contribution in [2.45, 2.75) is 31.1 Å². The van der Waals surface area contributed by atoms with Gasteiger partial charge >= 0.3 is 133 Å². The first-order valence-corrected chi connectivity index (χ1v) is 9.61. The van der Waals surface area contributed by atoms with Crippen molar-refractivity contribution >= 4 is 31.2 Å². The van der Waals surface area contributed by atoms with Gasteiger partial charge in [-0.25, -0.2) is 0 Å². The second kappa shape index (κ2) is 9.07. The van der Waals surface area contributed by atoms with Crippen LogP contribution in [0.1, 0.15) is 26.2 Å². The summed E-state index contributed by atoms with van der Waals surface area (Å²) in [6, 6.07) is 21.5. The van der Waals surface area contributed by atoms with Crippen LogP contribution < -0.4 is 4.46 Å². The van der Waals surface area contributed by atoms with E-state index in [2.05, 4.69) is 73.0 Å². The predicted octanol–water partition coefficient (Wildman–Crippen LogP) is 4.84. The van der Waals surface area contributed by atoms with Crippen LogP contribution >= 0.6 is 11.8 Å². The zero-order valence-corrected chi connectivity index (χ0v) is 14.3. The topological polar surface area (TPSA) is 0 Å². The summed E-state index contributed by atoms with van der Waals surface area (Å²) in [5, 5.41) is 2.37. The van der Waals surface area contributed by atoms with Crippen LogP contribution in [0.5, 0.6) is 0 Å². The Balaban J connectivity index is 2.02. The summed E-state index contributed by atoms with van der Waals surface area (Å²) >= 11 is 2.31. The van der Waals surface area contributed by atoms with E-state index in [4.69, 9.17) is 0 Å². The molecular weight excluding hydrogens is 327 g/mol. The average molecular weight is 347 g/mol. The quantitative estimate of drug-likeness (QED) is 0.510. The molecule has 0 aliphatic heterocycles. The molecule has 0 N–H and O–H groups in total. The van der Waals surface area contributed by atoms with E-state index in [0.29, 0.717) is 15.0 Å². The molecule has 2 rings (SSSR count). The van der Waals surface area contributed by atoms with Crippen molar-refractivity contribution in [1.82, 2.24) is 0 Å². The van der Waals surface area contributed by atoms with Gasteiger partial charge in [0.05, 0.1) is 0 Å². The Morgan fingerprint density at radius 3 is 2.30 bits per heavy atom. The zero-order chi connectivity index (χ0) is 14.0. The Labute approximate surface area is 132 Å². The van der Waals surface area contributed by atoms with Crippen molar-refractivity contribution in [1.29, 1.82) is 0 Å².